The molecule has 3 aliphatic heterocycles. The molecule has 1 fully saturated rings. The molecule has 0 radical (unpaired) electrons. The SMILES string of the molecule is c1c2c(cc3c1OCCN3C[C@@H]1CCCO1)CCNCC2. The normalized spacial score (nSPS) is 25.0. The number of ether oxygens (including phenoxy) is 2. The highest BCUT2D eigenvalue weighted by molar-refractivity contribution is 5.63. The van der Waals surface area contributed by atoms with Crippen LogP contribution >= 0.6 is 0 Å². The Morgan fingerprint density at radius 2 is 2.00 bits per heavy atom. The van der Waals surface area contributed by atoms with Crippen molar-refractivity contribution in [3.8, 4) is 5.75 Å². The van der Waals surface area contributed by atoms with Crippen molar-refractivity contribution < 1.29 is 9.47 Å². The third-order valence-electron chi connectivity index (χ3n) is 4.83. The minimum Gasteiger partial charge on any atom is -0.490 e. The number of hydrogen-bond acceptors (Lipinski definition) is 4. The van der Waals surface area contributed by atoms with Crippen LogP contribution in [0.4, 0.5) is 5.69 Å². The van der Waals surface area contributed by atoms with Gasteiger partial charge in [-0.1, -0.05) is 0 Å². The van der Waals surface area contributed by atoms with Gasteiger partial charge < -0.3 is 19.7 Å². The van der Waals surface area contributed by atoms with Gasteiger partial charge in [0.05, 0.1) is 18.3 Å². The van der Waals surface area contributed by atoms with E-state index < -0.39 is 0 Å². The molecule has 114 valence electrons. The zero-order chi connectivity index (χ0) is 14.1. The van der Waals surface area contributed by atoms with E-state index in [4.69, 9.17) is 9.47 Å². The second-order valence-corrected chi connectivity index (χ2v) is 6.27. The number of hydrogen-bond donors (Lipinski definition) is 1. The van der Waals surface area contributed by atoms with Crippen molar-refractivity contribution in [2.24, 2.45) is 0 Å². The number of rotatable bonds is 2. The van der Waals surface area contributed by atoms with E-state index in [9.17, 15) is 0 Å². The van der Waals surface area contributed by atoms with Crippen molar-refractivity contribution in [2.75, 3.05) is 44.3 Å². The van der Waals surface area contributed by atoms with Gasteiger partial charge in [0.1, 0.15) is 12.4 Å². The van der Waals surface area contributed by atoms with Gasteiger partial charge in [-0.05, 0) is 62.0 Å². The molecule has 0 spiro atoms. The van der Waals surface area contributed by atoms with Crippen molar-refractivity contribution in [1.29, 1.82) is 0 Å². The summed E-state index contributed by atoms with van der Waals surface area (Å²) in [5.41, 5.74) is 4.22. The fraction of sp³-hybridized carbons (Fsp3) is 0.647. The third kappa shape index (κ3) is 2.74. The predicted octanol–water partition coefficient (Wildman–Crippen LogP) is 1.75. The van der Waals surface area contributed by atoms with Crippen LogP contribution in [0.15, 0.2) is 12.1 Å². The van der Waals surface area contributed by atoms with E-state index in [1.54, 1.807) is 0 Å². The molecule has 0 aromatic heterocycles. The topological polar surface area (TPSA) is 33.7 Å². The lowest BCUT2D eigenvalue weighted by molar-refractivity contribution is 0.114. The third-order valence-corrected chi connectivity index (χ3v) is 4.83. The Hall–Kier alpha value is -1.26. The summed E-state index contributed by atoms with van der Waals surface area (Å²) in [5, 5.41) is 3.48. The van der Waals surface area contributed by atoms with Crippen molar-refractivity contribution in [2.45, 2.75) is 31.8 Å². The minimum atomic E-state index is 0.399. The van der Waals surface area contributed by atoms with Gasteiger partial charge in [0.25, 0.3) is 0 Å². The molecule has 3 aliphatic rings. The standard InChI is InChI=1S/C17H24N2O2/c1-2-15(20-8-1)12-19-7-9-21-17-11-14-4-6-18-5-3-13(14)10-16(17)19/h10-11,15,18H,1-9,12H2/t15-/m0/s1. The second kappa shape index (κ2) is 5.85. The zero-order valence-corrected chi connectivity index (χ0v) is 12.6. The van der Waals surface area contributed by atoms with Gasteiger partial charge in [0.2, 0.25) is 0 Å². The van der Waals surface area contributed by atoms with Gasteiger partial charge in [-0.25, -0.2) is 0 Å². The first-order chi connectivity index (χ1) is 10.4. The maximum absolute atomic E-state index is 5.92. The highest BCUT2D eigenvalue weighted by Gasteiger charge is 2.25. The molecular weight excluding hydrogens is 264 g/mol. The Bertz CT molecular complexity index is 512. The smallest absolute Gasteiger partial charge is 0.142 e. The Morgan fingerprint density at radius 1 is 1.14 bits per heavy atom. The summed E-state index contributed by atoms with van der Waals surface area (Å²) in [6.45, 7) is 5.86. The fourth-order valence-corrected chi connectivity index (χ4v) is 3.66. The van der Waals surface area contributed by atoms with Crippen LogP contribution in [0, 0.1) is 0 Å². The second-order valence-electron chi connectivity index (χ2n) is 6.27. The van der Waals surface area contributed by atoms with E-state index in [1.165, 1.54) is 29.7 Å². The van der Waals surface area contributed by atoms with Crippen molar-refractivity contribution in [1.82, 2.24) is 5.32 Å². The maximum atomic E-state index is 5.92. The molecule has 1 N–H and O–H groups in total. The fourth-order valence-electron chi connectivity index (χ4n) is 3.66. The first-order valence-electron chi connectivity index (χ1n) is 8.26. The molecule has 1 saturated heterocycles. The highest BCUT2D eigenvalue weighted by atomic mass is 16.5. The molecular formula is C17H24N2O2. The van der Waals surface area contributed by atoms with Crippen molar-refractivity contribution >= 4 is 5.69 Å². The van der Waals surface area contributed by atoms with E-state index >= 15 is 0 Å². The number of benzene rings is 1. The summed E-state index contributed by atoms with van der Waals surface area (Å²) in [6.07, 6.45) is 5.03. The molecule has 21 heavy (non-hydrogen) atoms. The lowest BCUT2D eigenvalue weighted by atomic mass is 10.0. The van der Waals surface area contributed by atoms with Gasteiger partial charge in [0, 0.05) is 13.2 Å². The van der Waals surface area contributed by atoms with Crippen LogP contribution in [-0.2, 0) is 17.6 Å². The molecule has 0 unspecified atom stereocenters. The van der Waals surface area contributed by atoms with Crippen LogP contribution in [0.5, 0.6) is 5.75 Å². The average molecular weight is 288 g/mol. The summed E-state index contributed by atoms with van der Waals surface area (Å²) < 4.78 is 11.7. The van der Waals surface area contributed by atoms with E-state index in [2.05, 4.69) is 22.3 Å². The number of fused-ring (bicyclic) bond motifs is 2. The van der Waals surface area contributed by atoms with Gasteiger partial charge in [-0.3, -0.25) is 0 Å². The van der Waals surface area contributed by atoms with Crippen LogP contribution < -0.4 is 15.0 Å². The van der Waals surface area contributed by atoms with Crippen molar-refractivity contribution in [3.63, 3.8) is 0 Å². The van der Waals surface area contributed by atoms with Crippen LogP contribution in [0.1, 0.15) is 24.0 Å². The molecule has 4 rings (SSSR count). The largest absolute Gasteiger partial charge is 0.490 e. The summed E-state index contributed by atoms with van der Waals surface area (Å²) in [5.74, 6) is 1.07. The van der Waals surface area contributed by atoms with E-state index in [0.29, 0.717) is 6.10 Å². The average Bonchev–Trinajstić information content (AvgIpc) is 2.90. The first-order valence-corrected chi connectivity index (χ1v) is 8.26. The molecule has 4 heteroatoms. The Balaban J connectivity index is 1.61. The maximum Gasteiger partial charge on any atom is 0.142 e. The van der Waals surface area contributed by atoms with Crippen LogP contribution in [0.3, 0.4) is 0 Å². The first kappa shape index (κ1) is 13.4. The van der Waals surface area contributed by atoms with E-state index in [-0.39, 0.29) is 0 Å². The van der Waals surface area contributed by atoms with E-state index in [0.717, 1.165) is 58.0 Å². The van der Waals surface area contributed by atoms with Gasteiger partial charge in [0.15, 0.2) is 0 Å². The lowest BCUT2D eigenvalue weighted by Gasteiger charge is -2.33. The quantitative estimate of drug-likeness (QED) is 0.899. The van der Waals surface area contributed by atoms with Crippen LogP contribution in [0.2, 0.25) is 0 Å². The Morgan fingerprint density at radius 3 is 2.81 bits per heavy atom. The van der Waals surface area contributed by atoms with Gasteiger partial charge >= 0.3 is 0 Å². The predicted molar refractivity (Wildman–Crippen MR) is 83.4 cm³/mol. The summed E-state index contributed by atoms with van der Waals surface area (Å²) in [6, 6.07) is 4.64. The summed E-state index contributed by atoms with van der Waals surface area (Å²) in [4.78, 5) is 2.47. The van der Waals surface area contributed by atoms with Gasteiger partial charge in [-0.15, -0.1) is 0 Å². The van der Waals surface area contributed by atoms with Crippen LogP contribution in [-0.4, -0.2) is 45.5 Å². The highest BCUT2D eigenvalue weighted by Crippen LogP contribution is 2.36. The van der Waals surface area contributed by atoms with E-state index in [1.807, 2.05) is 0 Å². The number of nitrogens with zero attached hydrogens (tertiary/aromatic N) is 1. The molecule has 1 atom stereocenters. The van der Waals surface area contributed by atoms with Crippen LogP contribution in [0.25, 0.3) is 0 Å². The summed E-state index contributed by atoms with van der Waals surface area (Å²) >= 11 is 0. The molecule has 0 amide bonds. The Labute approximate surface area is 126 Å². The molecule has 0 bridgehead atoms. The molecule has 0 saturated carbocycles. The monoisotopic (exact) mass is 288 g/mol. The van der Waals surface area contributed by atoms with Gasteiger partial charge in [-0.2, -0.15) is 0 Å². The minimum absolute atomic E-state index is 0.399. The molecule has 1 aromatic rings. The molecule has 3 heterocycles. The molecule has 1 aromatic carbocycles. The Kier molecular flexibility index (Phi) is 3.74. The molecule has 0 aliphatic carbocycles. The number of nitrogens with one attached hydrogen (secondary N) is 1. The lowest BCUT2D eigenvalue weighted by Crippen LogP contribution is -2.38. The van der Waals surface area contributed by atoms with Crippen molar-refractivity contribution in [3.05, 3.63) is 23.3 Å². The zero-order valence-electron chi connectivity index (χ0n) is 12.6. The molecule has 4 nitrogen and oxygen atoms in total. The number of anilines is 1. The summed E-state index contributed by atoms with van der Waals surface area (Å²) in [7, 11) is 0.